The second-order valence-electron chi connectivity index (χ2n) is 10.8. The molecule has 1 N–H and O–H groups in total. The van der Waals surface area contributed by atoms with Crippen LogP contribution in [0.4, 0.5) is 5.69 Å². The lowest BCUT2D eigenvalue weighted by molar-refractivity contribution is -0.00627. The van der Waals surface area contributed by atoms with Crippen LogP contribution in [0.5, 0.6) is 5.75 Å². The van der Waals surface area contributed by atoms with Gasteiger partial charge in [-0.15, -0.1) is 0 Å². The van der Waals surface area contributed by atoms with Crippen molar-refractivity contribution in [2.45, 2.75) is 82.5 Å². The molecule has 0 radical (unpaired) electrons. The van der Waals surface area contributed by atoms with Gasteiger partial charge >= 0.3 is 0 Å². The zero-order chi connectivity index (χ0) is 24.4. The summed E-state index contributed by atoms with van der Waals surface area (Å²) in [6.45, 7) is 6.87. The molecule has 8 nitrogen and oxygen atoms in total. The highest BCUT2D eigenvalue weighted by molar-refractivity contribution is 6.06. The summed E-state index contributed by atoms with van der Waals surface area (Å²) in [6, 6.07) is 5.52. The SMILES string of the molecule is CCC(C)Oc1cc2nc([C@@]34CC[C@@](C)(C3)OC4)cn2cc1C(=O)Nc1cccn(C2CC2)c1=O. The van der Waals surface area contributed by atoms with E-state index < -0.39 is 0 Å². The lowest BCUT2D eigenvalue weighted by Crippen LogP contribution is -2.26. The molecule has 4 heterocycles. The first-order valence-corrected chi connectivity index (χ1v) is 12.7. The van der Waals surface area contributed by atoms with Crippen molar-refractivity contribution in [3.63, 3.8) is 0 Å². The molecular weight excluding hydrogens is 444 g/mol. The predicted molar refractivity (Wildman–Crippen MR) is 132 cm³/mol. The predicted octanol–water partition coefficient (Wildman–Crippen LogP) is 4.47. The zero-order valence-corrected chi connectivity index (χ0v) is 20.5. The van der Waals surface area contributed by atoms with Crippen molar-refractivity contribution in [3.8, 4) is 5.75 Å². The van der Waals surface area contributed by atoms with Gasteiger partial charge in [-0.05, 0) is 64.5 Å². The Morgan fingerprint density at radius 3 is 2.83 bits per heavy atom. The molecule has 1 aliphatic heterocycles. The Kier molecular flexibility index (Phi) is 5.07. The van der Waals surface area contributed by atoms with E-state index in [0.29, 0.717) is 17.9 Å². The number of nitrogens with zero attached hydrogens (tertiary/aromatic N) is 3. The molecule has 3 atom stereocenters. The van der Waals surface area contributed by atoms with Crippen LogP contribution in [0.1, 0.15) is 81.4 Å². The Hall–Kier alpha value is -3.13. The summed E-state index contributed by atoms with van der Waals surface area (Å²) < 4.78 is 15.8. The molecule has 184 valence electrons. The van der Waals surface area contributed by atoms with Crippen LogP contribution in [0.15, 0.2) is 41.6 Å². The maximum atomic E-state index is 13.4. The summed E-state index contributed by atoms with van der Waals surface area (Å²) in [6.07, 6.45) is 11.3. The van der Waals surface area contributed by atoms with Gasteiger partial charge in [0.2, 0.25) is 0 Å². The highest BCUT2D eigenvalue weighted by Gasteiger charge is 2.55. The van der Waals surface area contributed by atoms with Gasteiger partial charge in [-0.3, -0.25) is 9.59 Å². The fraction of sp³-hybridized carbons (Fsp3) is 0.519. The number of anilines is 1. The topological polar surface area (TPSA) is 86.9 Å². The van der Waals surface area contributed by atoms with Crippen molar-refractivity contribution in [3.05, 3.63) is 58.4 Å². The van der Waals surface area contributed by atoms with E-state index in [1.807, 2.05) is 30.5 Å². The van der Waals surface area contributed by atoms with Crippen LogP contribution in [0.25, 0.3) is 5.65 Å². The van der Waals surface area contributed by atoms with Crippen LogP contribution < -0.4 is 15.6 Å². The molecule has 2 bridgehead atoms. The molecule has 35 heavy (non-hydrogen) atoms. The van der Waals surface area contributed by atoms with E-state index in [2.05, 4.69) is 12.2 Å². The van der Waals surface area contributed by atoms with Gasteiger partial charge in [0.25, 0.3) is 11.5 Å². The fourth-order valence-corrected chi connectivity index (χ4v) is 5.52. The quantitative estimate of drug-likeness (QED) is 0.544. The Bertz CT molecular complexity index is 1360. The Labute approximate surface area is 204 Å². The number of hydrogen-bond acceptors (Lipinski definition) is 5. The molecule has 3 aliphatic rings. The highest BCUT2D eigenvalue weighted by Crippen LogP contribution is 2.53. The van der Waals surface area contributed by atoms with Gasteiger partial charge in [-0.25, -0.2) is 4.98 Å². The normalized spacial score (nSPS) is 26.3. The summed E-state index contributed by atoms with van der Waals surface area (Å²) in [4.78, 5) is 31.3. The molecule has 2 saturated carbocycles. The molecule has 3 aromatic rings. The minimum Gasteiger partial charge on any atom is -0.490 e. The maximum absolute atomic E-state index is 13.4. The molecule has 1 unspecified atom stereocenters. The number of rotatable bonds is 7. The van der Waals surface area contributed by atoms with Crippen LogP contribution in [0.2, 0.25) is 0 Å². The van der Waals surface area contributed by atoms with Crippen molar-refractivity contribution in [1.29, 1.82) is 0 Å². The molecule has 1 saturated heterocycles. The summed E-state index contributed by atoms with van der Waals surface area (Å²) in [5, 5.41) is 2.83. The van der Waals surface area contributed by atoms with Gasteiger partial charge in [0.05, 0.1) is 29.6 Å². The summed E-state index contributed by atoms with van der Waals surface area (Å²) in [7, 11) is 0. The number of hydrogen-bond donors (Lipinski definition) is 1. The number of imidazole rings is 1. The molecule has 3 aromatic heterocycles. The van der Waals surface area contributed by atoms with Crippen molar-refractivity contribution >= 4 is 17.2 Å². The van der Waals surface area contributed by atoms with E-state index in [1.54, 1.807) is 29.1 Å². The van der Waals surface area contributed by atoms with E-state index in [9.17, 15) is 9.59 Å². The van der Waals surface area contributed by atoms with Crippen molar-refractivity contribution < 1.29 is 14.3 Å². The van der Waals surface area contributed by atoms with Gasteiger partial charge in [-0.1, -0.05) is 6.92 Å². The van der Waals surface area contributed by atoms with Gasteiger partial charge in [0.15, 0.2) is 0 Å². The van der Waals surface area contributed by atoms with Crippen molar-refractivity contribution in [1.82, 2.24) is 14.0 Å². The molecule has 0 spiro atoms. The van der Waals surface area contributed by atoms with E-state index in [4.69, 9.17) is 14.5 Å². The number of aromatic nitrogens is 3. The lowest BCUT2D eigenvalue weighted by Gasteiger charge is -2.24. The molecular formula is C27H32N4O4. The number of pyridine rings is 2. The summed E-state index contributed by atoms with van der Waals surface area (Å²) >= 11 is 0. The first kappa shape index (κ1) is 22.3. The first-order chi connectivity index (χ1) is 16.8. The monoisotopic (exact) mass is 476 g/mol. The van der Waals surface area contributed by atoms with Gasteiger partial charge < -0.3 is 23.8 Å². The molecule has 6 rings (SSSR count). The number of nitrogens with one attached hydrogen (secondary N) is 1. The number of amides is 1. The average Bonchev–Trinajstić information content (AvgIpc) is 3.37. The first-order valence-electron chi connectivity index (χ1n) is 12.7. The third-order valence-electron chi connectivity index (χ3n) is 7.95. The van der Waals surface area contributed by atoms with Crippen molar-refractivity contribution in [2.24, 2.45) is 0 Å². The van der Waals surface area contributed by atoms with Crippen LogP contribution in [0, 0.1) is 0 Å². The van der Waals surface area contributed by atoms with Crippen LogP contribution >= 0.6 is 0 Å². The average molecular weight is 477 g/mol. The smallest absolute Gasteiger partial charge is 0.274 e. The van der Waals surface area contributed by atoms with Crippen LogP contribution in [-0.4, -0.2) is 38.2 Å². The fourth-order valence-electron chi connectivity index (χ4n) is 5.52. The minimum atomic E-state index is -0.373. The highest BCUT2D eigenvalue weighted by atomic mass is 16.5. The molecule has 8 heteroatoms. The summed E-state index contributed by atoms with van der Waals surface area (Å²) in [5.41, 5.74) is 2.08. The number of ether oxygens (including phenoxy) is 2. The molecule has 3 fully saturated rings. The molecule has 1 amide bonds. The number of fused-ring (bicyclic) bond motifs is 3. The Morgan fingerprint density at radius 1 is 1.34 bits per heavy atom. The Balaban J connectivity index is 1.37. The minimum absolute atomic E-state index is 0.0608. The van der Waals surface area contributed by atoms with Crippen LogP contribution in [0.3, 0.4) is 0 Å². The number of carbonyl (C=O) groups excluding carboxylic acids is 1. The maximum Gasteiger partial charge on any atom is 0.274 e. The third kappa shape index (κ3) is 3.84. The zero-order valence-electron chi connectivity index (χ0n) is 20.5. The molecule has 2 aliphatic carbocycles. The van der Waals surface area contributed by atoms with Gasteiger partial charge in [0, 0.05) is 36.1 Å². The van der Waals surface area contributed by atoms with E-state index in [-0.39, 0.29) is 40.3 Å². The third-order valence-corrected chi connectivity index (χ3v) is 7.95. The second-order valence-corrected chi connectivity index (χ2v) is 10.8. The molecule has 0 aromatic carbocycles. The second kappa shape index (κ2) is 7.95. The van der Waals surface area contributed by atoms with Crippen LogP contribution in [-0.2, 0) is 10.2 Å². The van der Waals surface area contributed by atoms with Gasteiger partial charge in [0.1, 0.15) is 17.1 Å². The van der Waals surface area contributed by atoms with Gasteiger partial charge in [-0.2, -0.15) is 0 Å². The van der Waals surface area contributed by atoms with Crippen molar-refractivity contribution in [2.75, 3.05) is 11.9 Å². The summed E-state index contributed by atoms with van der Waals surface area (Å²) in [5.74, 6) is 0.0956. The Morgan fingerprint density at radius 2 is 2.17 bits per heavy atom. The lowest BCUT2D eigenvalue weighted by atomic mass is 9.84. The number of carbonyl (C=O) groups is 1. The van der Waals surface area contributed by atoms with E-state index >= 15 is 0 Å². The largest absolute Gasteiger partial charge is 0.490 e. The van der Waals surface area contributed by atoms with E-state index in [1.165, 1.54) is 0 Å². The van der Waals surface area contributed by atoms with E-state index in [0.717, 1.165) is 49.9 Å². The standard InChI is InChI=1S/C27H32N4O4/c1-4-17(2)35-21-12-23-29-22(27-10-9-26(3,15-27)34-16-27)14-30(23)13-19(21)24(32)28-20-6-5-11-31(25(20)33)18-7-8-18/h5-6,11-14,17-18H,4,7-10,15-16H2,1-3H3,(H,28,32)/t17?,26-,27-/m0/s1.